The average Bonchev–Trinajstić information content (AvgIpc) is 3.61. The average molecular weight is 753 g/mol. The number of allylic oxidation sites excluding steroid dienone is 5. The molecule has 4 N–H and O–H groups in total. The van der Waals surface area contributed by atoms with Gasteiger partial charge >= 0.3 is 0 Å². The molecule has 1 aromatic heterocycles. The highest BCUT2D eigenvalue weighted by molar-refractivity contribution is 7.11. The zero-order chi connectivity index (χ0) is 39.8. The van der Waals surface area contributed by atoms with E-state index in [1.165, 1.54) is 108 Å². The van der Waals surface area contributed by atoms with Crippen molar-refractivity contribution in [1.29, 1.82) is 0 Å². The molecule has 0 aliphatic heterocycles. The van der Waals surface area contributed by atoms with Gasteiger partial charge in [0.2, 0.25) is 6.41 Å². The fourth-order valence-corrected chi connectivity index (χ4v) is 7.05. The molecule has 1 aliphatic carbocycles. The van der Waals surface area contributed by atoms with Crippen molar-refractivity contribution in [3.05, 3.63) is 131 Å². The number of para-hydroxylation sites is 1. The fraction of sp³-hybridized carbons (Fsp3) is 0.458. The van der Waals surface area contributed by atoms with Crippen LogP contribution in [0.4, 0.5) is 5.69 Å². The highest BCUT2D eigenvalue weighted by Crippen LogP contribution is 2.27. The van der Waals surface area contributed by atoms with Crippen molar-refractivity contribution in [2.24, 2.45) is 5.73 Å². The minimum Gasteiger partial charge on any atom is -0.362 e. The number of fused-ring (bicyclic) bond motifs is 2. The van der Waals surface area contributed by atoms with Gasteiger partial charge in [-0.3, -0.25) is 4.79 Å². The summed E-state index contributed by atoms with van der Waals surface area (Å²) in [7, 11) is 0. The first-order chi connectivity index (χ1) is 26.3. The molecule has 0 saturated carbocycles. The van der Waals surface area contributed by atoms with Crippen molar-refractivity contribution in [3.8, 4) is 0 Å². The van der Waals surface area contributed by atoms with E-state index >= 15 is 0 Å². The maximum atomic E-state index is 10.1. The van der Waals surface area contributed by atoms with Crippen LogP contribution >= 0.6 is 11.3 Å². The molecule has 2 bridgehead atoms. The number of amides is 1. The fourth-order valence-electron chi connectivity index (χ4n) is 6.22. The van der Waals surface area contributed by atoms with E-state index < -0.39 is 0 Å². The molecule has 4 rings (SSSR count). The SMILES string of the molecule is C/C=C\C(=C/CC)c1scnc1C.C=CNc1c2cccc1CCCCC2.C=Cc1cccc(CCCCCC(=C)C)c1.CCC(CCCCN)NC=O. The lowest BCUT2D eigenvalue weighted by Crippen LogP contribution is -2.26. The molecule has 1 heterocycles. The van der Waals surface area contributed by atoms with Crippen LogP contribution in [0.15, 0.2) is 97.7 Å². The number of nitrogens with one attached hydrogen (secondary N) is 2. The maximum Gasteiger partial charge on any atom is 0.207 e. The van der Waals surface area contributed by atoms with Gasteiger partial charge in [-0.1, -0.05) is 119 Å². The molecule has 2 aromatic carbocycles. The summed E-state index contributed by atoms with van der Waals surface area (Å²) >= 11 is 1.71. The summed E-state index contributed by atoms with van der Waals surface area (Å²) in [5.41, 5.74) is 17.8. The third-order valence-electron chi connectivity index (χ3n) is 9.21. The van der Waals surface area contributed by atoms with Crippen molar-refractivity contribution >= 4 is 35.1 Å². The zero-order valence-corrected chi connectivity index (χ0v) is 35.3. The Balaban J connectivity index is 0.000000363. The summed E-state index contributed by atoms with van der Waals surface area (Å²) in [5, 5.41) is 6.05. The smallest absolute Gasteiger partial charge is 0.207 e. The number of carbonyl (C=O) groups excluding carboxylic acids is 1. The van der Waals surface area contributed by atoms with Crippen LogP contribution in [0.2, 0.25) is 0 Å². The lowest BCUT2D eigenvalue weighted by molar-refractivity contribution is -0.110. The highest BCUT2D eigenvalue weighted by Gasteiger charge is 2.10. The number of nitrogens with zero attached hydrogens (tertiary/aromatic N) is 1. The standard InChI is InChI=1S/C16H22.C13H17N.C11H15NS.C8H18N2O/c1-4-15-11-8-12-16(13-15)10-7-5-6-9-14(2)3;1-2-14-13-11-7-4-3-5-8-12(13)10-6-9-11;1-4-6-10(7-5-2)11-9(3)12-8-13-11;1-2-8(10-7-11)5-3-4-6-9/h4,8,11-13H,1-2,5-7,9-10H2,3H3;2,6,9-10,14H,1,3-5,7-8H2;4,6-8H,5H2,1-3H3;7-8H,2-6,9H2,1H3,(H,10,11)/b;;6-4-,10-7+;. The summed E-state index contributed by atoms with van der Waals surface area (Å²) in [6, 6.07) is 15.6. The number of nitrogens with two attached hydrogens (primary N) is 1. The molecule has 3 aromatic rings. The van der Waals surface area contributed by atoms with E-state index in [2.05, 4.69) is 124 Å². The lowest BCUT2D eigenvalue weighted by atomic mass is 9.94. The van der Waals surface area contributed by atoms with E-state index in [0.29, 0.717) is 6.04 Å². The number of unbranched alkanes of at least 4 members (excludes halogenated alkanes) is 3. The van der Waals surface area contributed by atoms with Crippen LogP contribution in [0, 0.1) is 6.92 Å². The predicted octanol–water partition coefficient (Wildman–Crippen LogP) is 13.0. The van der Waals surface area contributed by atoms with Crippen molar-refractivity contribution < 1.29 is 4.79 Å². The molecule has 0 fully saturated rings. The number of hydrogen-bond acceptors (Lipinski definition) is 5. The van der Waals surface area contributed by atoms with Crippen LogP contribution in [0.25, 0.3) is 11.6 Å². The van der Waals surface area contributed by atoms with Crippen LogP contribution in [-0.2, 0) is 24.1 Å². The number of rotatable bonds is 19. The third kappa shape index (κ3) is 21.0. The Morgan fingerprint density at radius 2 is 1.72 bits per heavy atom. The Morgan fingerprint density at radius 3 is 2.28 bits per heavy atom. The highest BCUT2D eigenvalue weighted by atomic mass is 32.1. The molecule has 1 atom stereocenters. The van der Waals surface area contributed by atoms with E-state index in [1.807, 2.05) is 18.5 Å². The van der Waals surface area contributed by atoms with Gasteiger partial charge in [-0.05, 0) is 138 Å². The molecule has 1 aliphatic rings. The largest absolute Gasteiger partial charge is 0.362 e. The topological polar surface area (TPSA) is 80.0 Å². The number of aromatic nitrogens is 1. The molecule has 0 spiro atoms. The first-order valence-corrected chi connectivity index (χ1v) is 21.1. The first kappa shape index (κ1) is 48.0. The Labute approximate surface area is 334 Å². The quantitative estimate of drug-likeness (QED) is 0.0493. The van der Waals surface area contributed by atoms with Gasteiger partial charge in [-0.25, -0.2) is 4.98 Å². The number of aryl methyl sites for hydroxylation is 4. The van der Waals surface area contributed by atoms with Crippen LogP contribution in [0.1, 0.15) is 138 Å². The van der Waals surface area contributed by atoms with Crippen LogP contribution in [0.5, 0.6) is 0 Å². The lowest BCUT2D eigenvalue weighted by Gasteiger charge is -2.17. The van der Waals surface area contributed by atoms with Crippen LogP contribution < -0.4 is 16.4 Å². The molecule has 1 amide bonds. The van der Waals surface area contributed by atoms with E-state index in [0.717, 1.165) is 50.8 Å². The van der Waals surface area contributed by atoms with E-state index in [-0.39, 0.29) is 0 Å². The number of anilines is 1. The minimum atomic E-state index is 0.346. The number of carbonyl (C=O) groups is 1. The van der Waals surface area contributed by atoms with Gasteiger partial charge in [0, 0.05) is 11.7 Å². The molecule has 5 nitrogen and oxygen atoms in total. The molecular weight excluding hydrogens is 681 g/mol. The minimum absolute atomic E-state index is 0.346. The second-order valence-corrected chi connectivity index (χ2v) is 14.7. The van der Waals surface area contributed by atoms with Gasteiger partial charge in [0.05, 0.1) is 16.1 Å². The number of thiazole rings is 1. The summed E-state index contributed by atoms with van der Waals surface area (Å²) in [4.78, 5) is 15.6. The second kappa shape index (κ2) is 31.4. The Bertz CT molecular complexity index is 1510. The van der Waals surface area contributed by atoms with E-state index in [1.54, 1.807) is 17.5 Å². The Morgan fingerprint density at radius 1 is 1.00 bits per heavy atom. The molecule has 1 unspecified atom stereocenters. The predicted molar refractivity (Wildman–Crippen MR) is 241 cm³/mol. The van der Waals surface area contributed by atoms with Crippen molar-refractivity contribution in [3.63, 3.8) is 0 Å². The Hall–Kier alpha value is -4.00. The zero-order valence-electron chi connectivity index (χ0n) is 34.4. The normalized spacial score (nSPS) is 12.6. The summed E-state index contributed by atoms with van der Waals surface area (Å²) < 4.78 is 0. The van der Waals surface area contributed by atoms with Crippen LogP contribution in [0.3, 0.4) is 0 Å². The second-order valence-electron chi connectivity index (χ2n) is 13.8. The molecule has 54 heavy (non-hydrogen) atoms. The van der Waals surface area contributed by atoms with Gasteiger partial charge in [-0.2, -0.15) is 0 Å². The molecule has 296 valence electrons. The maximum absolute atomic E-state index is 10.1. The first-order valence-electron chi connectivity index (χ1n) is 20.2. The van der Waals surface area contributed by atoms with E-state index in [4.69, 9.17) is 5.73 Å². The molecule has 0 radical (unpaired) electrons. The molecular formula is C48H72N4OS. The third-order valence-corrected chi connectivity index (χ3v) is 10.2. The van der Waals surface area contributed by atoms with Crippen molar-refractivity contribution in [1.82, 2.24) is 10.3 Å². The van der Waals surface area contributed by atoms with Crippen LogP contribution in [-0.4, -0.2) is 24.0 Å². The summed E-state index contributed by atoms with van der Waals surface area (Å²) in [6.45, 7) is 22.6. The number of benzene rings is 2. The summed E-state index contributed by atoms with van der Waals surface area (Å²) in [5.74, 6) is 0. The van der Waals surface area contributed by atoms with Crippen molar-refractivity contribution in [2.45, 2.75) is 137 Å². The van der Waals surface area contributed by atoms with Gasteiger partial charge in [-0.15, -0.1) is 17.9 Å². The summed E-state index contributed by atoms with van der Waals surface area (Å²) in [6.07, 6.45) is 28.8. The molecule has 0 saturated heterocycles. The monoisotopic (exact) mass is 753 g/mol. The Kier molecular flexibility index (Phi) is 27.9. The van der Waals surface area contributed by atoms with Gasteiger partial charge < -0.3 is 16.4 Å². The van der Waals surface area contributed by atoms with Gasteiger partial charge in [0.25, 0.3) is 0 Å². The van der Waals surface area contributed by atoms with Crippen molar-refractivity contribution in [2.75, 3.05) is 11.9 Å². The van der Waals surface area contributed by atoms with E-state index in [9.17, 15) is 4.79 Å². The van der Waals surface area contributed by atoms with Gasteiger partial charge in [0.1, 0.15) is 0 Å². The molecule has 6 heteroatoms. The van der Waals surface area contributed by atoms with Gasteiger partial charge in [0.15, 0.2) is 0 Å². The number of hydrogen-bond donors (Lipinski definition) is 3.